The molecule has 2 aromatic carbocycles. The van der Waals surface area contributed by atoms with Crippen molar-refractivity contribution in [2.45, 2.75) is 30.5 Å². The van der Waals surface area contributed by atoms with Crippen LogP contribution >= 0.6 is 11.8 Å². The summed E-state index contributed by atoms with van der Waals surface area (Å²) < 4.78 is 38.2. The van der Waals surface area contributed by atoms with E-state index in [0.717, 1.165) is 26.8 Å². The Kier molecular flexibility index (Phi) is 6.08. The van der Waals surface area contributed by atoms with E-state index in [0.29, 0.717) is 5.56 Å². The Morgan fingerprint density at radius 3 is 2.34 bits per heavy atom. The number of nitrogens with two attached hydrogens (primary N) is 2. The zero-order chi connectivity index (χ0) is 21.3. The molecule has 2 unspecified atom stereocenters. The molecule has 10 heteroatoms. The van der Waals surface area contributed by atoms with Gasteiger partial charge in [-0.2, -0.15) is 18.2 Å². The third-order valence-electron chi connectivity index (χ3n) is 4.59. The first-order chi connectivity index (χ1) is 13.6. The van der Waals surface area contributed by atoms with Crippen LogP contribution < -0.4 is 16.5 Å². The van der Waals surface area contributed by atoms with E-state index in [1.54, 1.807) is 23.9 Å². The van der Waals surface area contributed by atoms with Crippen molar-refractivity contribution < 1.29 is 22.8 Å². The van der Waals surface area contributed by atoms with Crippen molar-refractivity contribution in [3.8, 4) is 11.1 Å². The Morgan fingerprint density at radius 2 is 1.76 bits per heavy atom. The molecule has 156 valence electrons. The van der Waals surface area contributed by atoms with E-state index in [4.69, 9.17) is 11.5 Å². The maximum Gasteiger partial charge on any atom is 0.493 e. The number of hydrogen-bond donors (Lipinski definition) is 2. The zero-order valence-electron chi connectivity index (χ0n) is 15.8. The van der Waals surface area contributed by atoms with Gasteiger partial charge >= 0.3 is 12.1 Å². The Balaban J connectivity index is 2.01. The van der Waals surface area contributed by atoms with Crippen molar-refractivity contribution in [1.29, 1.82) is 0 Å². The number of nitrogens with zero attached hydrogens (tertiary/aromatic N) is 2. The van der Waals surface area contributed by atoms with Crippen LogP contribution in [0.3, 0.4) is 0 Å². The average molecular weight is 426 g/mol. The maximum absolute atomic E-state index is 12.7. The number of benzene rings is 2. The van der Waals surface area contributed by atoms with Gasteiger partial charge in [-0.3, -0.25) is 10.6 Å². The molecule has 1 aliphatic rings. The highest BCUT2D eigenvalue weighted by Gasteiger charge is 2.45. The highest BCUT2D eigenvalue weighted by Crippen LogP contribution is 2.38. The van der Waals surface area contributed by atoms with E-state index in [1.165, 1.54) is 11.9 Å². The van der Waals surface area contributed by atoms with Gasteiger partial charge < -0.3 is 10.6 Å². The molecule has 6 nitrogen and oxygen atoms in total. The number of hydrogen-bond acceptors (Lipinski definition) is 7. The van der Waals surface area contributed by atoms with Crippen molar-refractivity contribution in [1.82, 2.24) is 4.90 Å². The summed E-state index contributed by atoms with van der Waals surface area (Å²) in [7, 11) is 1.53. The molecule has 3 rings (SSSR count). The maximum atomic E-state index is 12.7. The number of alkyl halides is 3. The highest BCUT2D eigenvalue weighted by atomic mass is 32.2. The van der Waals surface area contributed by atoms with Crippen molar-refractivity contribution in [2.75, 3.05) is 17.9 Å². The monoisotopic (exact) mass is 426 g/mol. The van der Waals surface area contributed by atoms with Gasteiger partial charge in [-0.05, 0) is 42.1 Å². The predicted molar refractivity (Wildman–Crippen MR) is 106 cm³/mol. The molecule has 2 aromatic rings. The molecule has 29 heavy (non-hydrogen) atoms. The molecule has 0 radical (unpaired) electrons. The van der Waals surface area contributed by atoms with Crippen LogP contribution in [0.4, 0.5) is 18.9 Å². The number of halogens is 3. The molecule has 0 spiro atoms. The summed E-state index contributed by atoms with van der Waals surface area (Å²) in [4.78, 5) is 18.5. The Bertz CT molecular complexity index is 892. The Morgan fingerprint density at radius 1 is 1.14 bits per heavy atom. The summed E-state index contributed by atoms with van der Waals surface area (Å²) >= 11 is 1.70. The number of carbonyl (C=O) groups is 1. The zero-order valence-corrected chi connectivity index (χ0v) is 16.6. The van der Waals surface area contributed by atoms with Crippen molar-refractivity contribution in [3.05, 3.63) is 48.0 Å². The average Bonchev–Trinajstić information content (AvgIpc) is 2.69. The molecule has 0 amide bonds. The number of hydroxylamine groups is 1. The summed E-state index contributed by atoms with van der Waals surface area (Å²) in [6.07, 6.45) is -7.00. The third kappa shape index (κ3) is 4.35. The molecule has 1 heterocycles. The summed E-state index contributed by atoms with van der Waals surface area (Å²) in [6.45, 7) is 2.06. The molecule has 1 aliphatic heterocycles. The van der Waals surface area contributed by atoms with E-state index in [9.17, 15) is 18.0 Å². The number of thioether (sulfide) groups is 1. The first-order valence-electron chi connectivity index (χ1n) is 8.82. The smallest absolute Gasteiger partial charge is 0.329 e. The first-order valence-corrected chi connectivity index (χ1v) is 9.80. The molecular weight excluding hydrogens is 405 g/mol. The molecule has 2 atom stereocenters. The fourth-order valence-corrected chi connectivity index (χ4v) is 3.67. The van der Waals surface area contributed by atoms with E-state index < -0.39 is 24.6 Å². The van der Waals surface area contributed by atoms with E-state index in [1.807, 2.05) is 30.3 Å². The topological polar surface area (TPSA) is 84.8 Å². The lowest BCUT2D eigenvalue weighted by molar-refractivity contribution is -0.204. The molecule has 4 N–H and O–H groups in total. The van der Waals surface area contributed by atoms with Gasteiger partial charge in [-0.1, -0.05) is 31.2 Å². The minimum Gasteiger partial charge on any atom is -0.329 e. The number of rotatable bonds is 4. The van der Waals surface area contributed by atoms with Gasteiger partial charge in [-0.15, -0.1) is 11.8 Å². The molecule has 0 saturated heterocycles. The number of carbonyl (C=O) groups excluding carboxylic acids is 1. The first kappa shape index (κ1) is 21.4. The standard InChI is InChI=1S/C19H21F3N4O2S/c1-3-29-13-7-4-11(5-8-13)12-6-9-14-15(10-12)26(18(24)25(2)16(14)23)28-17(27)19(20,21)22/h4-10,16,18H,3,23-24H2,1-2H3. The Hall–Kier alpha value is -2.27. The van der Waals surface area contributed by atoms with Gasteiger partial charge in [0.1, 0.15) is 0 Å². The number of fused-ring (bicyclic) bond motifs is 1. The fraction of sp³-hybridized carbons (Fsp3) is 0.316. The quantitative estimate of drug-likeness (QED) is 0.725. The van der Waals surface area contributed by atoms with Gasteiger partial charge in [-0.25, -0.2) is 4.79 Å². The fourth-order valence-electron chi connectivity index (χ4n) is 3.01. The Labute approximate surface area is 170 Å². The second-order valence-corrected chi connectivity index (χ2v) is 7.79. The van der Waals surface area contributed by atoms with Gasteiger partial charge in [0, 0.05) is 10.5 Å². The SMILES string of the molecule is CCSc1ccc(-c2ccc3c(c2)N(OC(=O)C(F)(F)F)C(N)N(C)C3N)cc1. The molecule has 0 saturated carbocycles. The molecule has 0 aliphatic carbocycles. The van der Waals surface area contributed by atoms with Gasteiger partial charge in [0.25, 0.3) is 0 Å². The van der Waals surface area contributed by atoms with Crippen LogP contribution in [0.15, 0.2) is 47.4 Å². The predicted octanol–water partition coefficient (Wildman–Crippen LogP) is 3.44. The van der Waals surface area contributed by atoms with Crippen LogP contribution in [-0.2, 0) is 9.63 Å². The molecule has 0 fully saturated rings. The third-order valence-corrected chi connectivity index (χ3v) is 5.49. The lowest BCUT2D eigenvalue weighted by Gasteiger charge is -2.43. The van der Waals surface area contributed by atoms with E-state index >= 15 is 0 Å². The van der Waals surface area contributed by atoms with Gasteiger partial charge in [0.05, 0.1) is 11.9 Å². The van der Waals surface area contributed by atoms with Crippen molar-refractivity contribution >= 4 is 23.4 Å². The lowest BCUT2D eigenvalue weighted by atomic mass is 9.99. The van der Waals surface area contributed by atoms with Crippen molar-refractivity contribution in [2.24, 2.45) is 11.5 Å². The summed E-state index contributed by atoms with van der Waals surface area (Å²) in [5.74, 6) is -1.41. The second kappa shape index (κ2) is 8.23. The van der Waals surface area contributed by atoms with Crippen molar-refractivity contribution in [3.63, 3.8) is 0 Å². The summed E-state index contributed by atoms with van der Waals surface area (Å²) in [5.41, 5.74) is 14.4. The van der Waals surface area contributed by atoms with Crippen LogP contribution in [-0.4, -0.2) is 36.1 Å². The molecule has 0 bridgehead atoms. The lowest BCUT2D eigenvalue weighted by Crippen LogP contribution is -2.60. The van der Waals surface area contributed by atoms with Crippen LogP contribution in [0, 0.1) is 0 Å². The molecule has 0 aromatic heterocycles. The van der Waals surface area contributed by atoms with E-state index in [-0.39, 0.29) is 5.69 Å². The minimum atomic E-state index is -5.15. The van der Waals surface area contributed by atoms with Crippen LogP contribution in [0.5, 0.6) is 0 Å². The van der Waals surface area contributed by atoms with Crippen LogP contribution in [0.25, 0.3) is 11.1 Å². The highest BCUT2D eigenvalue weighted by molar-refractivity contribution is 7.99. The summed E-state index contributed by atoms with van der Waals surface area (Å²) in [5, 5.41) is 0.749. The normalized spacial score (nSPS) is 19.8. The summed E-state index contributed by atoms with van der Waals surface area (Å²) in [6, 6.07) is 12.9. The molecular formula is C19H21F3N4O2S. The number of anilines is 1. The van der Waals surface area contributed by atoms with Crippen LogP contribution in [0.2, 0.25) is 0 Å². The van der Waals surface area contributed by atoms with E-state index in [2.05, 4.69) is 11.8 Å². The van der Waals surface area contributed by atoms with Gasteiger partial charge in [0.15, 0.2) is 6.29 Å². The second-order valence-electron chi connectivity index (χ2n) is 6.46. The minimum absolute atomic E-state index is 0.213. The largest absolute Gasteiger partial charge is 0.493 e. The van der Waals surface area contributed by atoms with Crippen LogP contribution in [0.1, 0.15) is 18.7 Å². The van der Waals surface area contributed by atoms with Gasteiger partial charge in [0.2, 0.25) is 0 Å².